The Labute approximate surface area is 291 Å². The number of rotatable bonds is 13. The Morgan fingerprint density at radius 3 is 2.33 bits per heavy atom. The van der Waals surface area contributed by atoms with Crippen LogP contribution in [0.25, 0.3) is 0 Å². The summed E-state index contributed by atoms with van der Waals surface area (Å²) in [6.07, 6.45) is 6.52. The molecule has 2 aliphatic heterocycles. The van der Waals surface area contributed by atoms with Crippen molar-refractivity contribution in [3.05, 3.63) is 12.7 Å². The molecule has 5 amide bonds. The summed E-state index contributed by atoms with van der Waals surface area (Å²) in [5.41, 5.74) is -2.01. The van der Waals surface area contributed by atoms with Gasteiger partial charge in [0.15, 0.2) is 9.84 Å². The molecule has 4 N–H and O–H groups in total. The van der Waals surface area contributed by atoms with Gasteiger partial charge in [-0.2, -0.15) is 0 Å². The summed E-state index contributed by atoms with van der Waals surface area (Å²) in [6, 6.07) is -3.64. The van der Waals surface area contributed by atoms with E-state index in [1.54, 1.807) is 0 Å². The number of ether oxygens (including phenoxy) is 1. The molecule has 14 heteroatoms. The first-order valence-electron chi connectivity index (χ1n) is 17.8. The molecule has 0 aromatic heterocycles. The fourth-order valence-corrected chi connectivity index (χ4v) is 10.1. The highest BCUT2D eigenvalue weighted by Crippen LogP contribution is 2.65. The Balaban J connectivity index is 1.56. The van der Waals surface area contributed by atoms with E-state index < -0.39 is 73.7 Å². The molecule has 0 bridgehead atoms. The van der Waals surface area contributed by atoms with Gasteiger partial charge in [-0.1, -0.05) is 79.7 Å². The molecule has 0 aromatic carbocycles. The van der Waals surface area contributed by atoms with E-state index in [0.29, 0.717) is 25.8 Å². The van der Waals surface area contributed by atoms with Gasteiger partial charge in [-0.15, -0.1) is 6.58 Å². The van der Waals surface area contributed by atoms with Gasteiger partial charge in [0, 0.05) is 13.1 Å². The molecule has 276 valence electrons. The lowest BCUT2D eigenvalue weighted by atomic mass is 9.79. The fraction of sp³-hybridized carbons (Fsp3) is 0.800. The van der Waals surface area contributed by atoms with E-state index >= 15 is 0 Å². The Morgan fingerprint density at radius 1 is 1.06 bits per heavy atom. The second kappa shape index (κ2) is 15.1. The third-order valence-electron chi connectivity index (χ3n) is 11.2. The monoisotopic (exact) mass is 707 g/mol. The molecular formula is C35H57N5O8S. The lowest BCUT2D eigenvalue weighted by molar-refractivity contribution is -0.145. The topological polar surface area (TPSA) is 180 Å². The van der Waals surface area contributed by atoms with E-state index in [9.17, 15) is 32.4 Å². The van der Waals surface area contributed by atoms with Gasteiger partial charge >= 0.3 is 6.03 Å². The van der Waals surface area contributed by atoms with Crippen LogP contribution in [0.15, 0.2) is 12.7 Å². The van der Waals surface area contributed by atoms with Gasteiger partial charge in [-0.05, 0) is 41.9 Å². The molecule has 2 aliphatic carbocycles. The number of nitrogens with one attached hydrogen (secondary N) is 4. The number of ketones is 1. The van der Waals surface area contributed by atoms with Crippen molar-refractivity contribution in [3.8, 4) is 0 Å². The molecule has 6 atom stereocenters. The predicted molar refractivity (Wildman–Crippen MR) is 185 cm³/mol. The number of unbranched alkanes of at least 4 members (excludes halogenated alkanes) is 1. The molecule has 2 saturated heterocycles. The van der Waals surface area contributed by atoms with Crippen molar-refractivity contribution in [2.24, 2.45) is 22.7 Å². The highest BCUT2D eigenvalue weighted by Gasteiger charge is 2.70. The van der Waals surface area contributed by atoms with Crippen molar-refractivity contribution in [2.45, 2.75) is 122 Å². The third kappa shape index (κ3) is 8.32. The average Bonchev–Trinajstić information content (AvgIpc) is 3.33. The SMILES string of the molecule is C=CCNC(=O)C(=O)C(CCCC)NC(=O)[C@@H]1[C@@H]2[C@H](CN1C(=O)[C@@H](NC(=O)NC1(C3COCCS3(=O)=O)CCCCC1)C(C)(C)C)C2(C)C. The van der Waals surface area contributed by atoms with Crippen LogP contribution in [-0.4, -0.2) is 104 Å². The van der Waals surface area contributed by atoms with Gasteiger partial charge < -0.3 is 30.9 Å². The molecule has 2 unspecified atom stereocenters. The van der Waals surface area contributed by atoms with Crippen molar-refractivity contribution in [1.82, 2.24) is 26.2 Å². The number of hydrogen-bond acceptors (Lipinski definition) is 8. The van der Waals surface area contributed by atoms with Crippen LogP contribution in [0.2, 0.25) is 0 Å². The first-order chi connectivity index (χ1) is 22.9. The summed E-state index contributed by atoms with van der Waals surface area (Å²) in [5, 5.41) is 10.3. The highest BCUT2D eigenvalue weighted by atomic mass is 32.2. The molecule has 13 nitrogen and oxygen atoms in total. The lowest BCUT2D eigenvalue weighted by Gasteiger charge is -2.45. The van der Waals surface area contributed by atoms with Crippen molar-refractivity contribution in [3.63, 3.8) is 0 Å². The van der Waals surface area contributed by atoms with Crippen LogP contribution >= 0.6 is 0 Å². The average molecular weight is 708 g/mol. The van der Waals surface area contributed by atoms with Crippen molar-refractivity contribution >= 4 is 39.4 Å². The zero-order valence-electron chi connectivity index (χ0n) is 30.1. The first-order valence-corrected chi connectivity index (χ1v) is 19.5. The van der Waals surface area contributed by atoms with Crippen LogP contribution < -0.4 is 21.3 Å². The maximum absolute atomic E-state index is 14.5. The number of Topliss-reactive ketones (excluding diaryl/α,β-unsaturated/α-hetero) is 1. The summed E-state index contributed by atoms with van der Waals surface area (Å²) in [7, 11) is -3.52. The summed E-state index contributed by atoms with van der Waals surface area (Å²) >= 11 is 0. The minimum atomic E-state index is -3.52. The summed E-state index contributed by atoms with van der Waals surface area (Å²) in [6.45, 7) is 15.6. The molecule has 0 aromatic rings. The number of likely N-dealkylation sites (tertiary alicyclic amines) is 1. The van der Waals surface area contributed by atoms with Gasteiger partial charge in [0.1, 0.15) is 17.3 Å². The zero-order chi connectivity index (χ0) is 36.4. The molecule has 49 heavy (non-hydrogen) atoms. The summed E-state index contributed by atoms with van der Waals surface area (Å²) in [5.74, 6) is -2.72. The minimum Gasteiger partial charge on any atom is -0.379 e. The molecule has 0 spiro atoms. The van der Waals surface area contributed by atoms with Gasteiger partial charge in [-0.3, -0.25) is 19.2 Å². The number of hydrogen-bond donors (Lipinski definition) is 4. The van der Waals surface area contributed by atoms with E-state index in [4.69, 9.17) is 4.74 Å². The fourth-order valence-electron chi connectivity index (χ4n) is 8.19. The number of nitrogens with zero attached hydrogens (tertiary/aromatic N) is 1. The van der Waals surface area contributed by atoms with Crippen LogP contribution in [0.5, 0.6) is 0 Å². The largest absolute Gasteiger partial charge is 0.379 e. The van der Waals surface area contributed by atoms with E-state index in [0.717, 1.165) is 25.7 Å². The smallest absolute Gasteiger partial charge is 0.315 e. The third-order valence-corrected chi connectivity index (χ3v) is 13.4. The Morgan fingerprint density at radius 2 is 1.73 bits per heavy atom. The van der Waals surface area contributed by atoms with E-state index in [1.807, 2.05) is 41.5 Å². The number of amides is 5. The summed E-state index contributed by atoms with van der Waals surface area (Å²) < 4.78 is 31.9. The quantitative estimate of drug-likeness (QED) is 0.166. The van der Waals surface area contributed by atoms with Crippen molar-refractivity contribution < 1.29 is 37.1 Å². The maximum atomic E-state index is 14.5. The van der Waals surface area contributed by atoms with Crippen LogP contribution in [-0.2, 0) is 33.8 Å². The van der Waals surface area contributed by atoms with Gasteiger partial charge in [0.25, 0.3) is 5.91 Å². The Kier molecular flexibility index (Phi) is 11.9. The second-order valence-electron chi connectivity index (χ2n) is 16.0. The molecular weight excluding hydrogens is 650 g/mol. The van der Waals surface area contributed by atoms with E-state index in [-0.39, 0.29) is 49.2 Å². The second-order valence-corrected chi connectivity index (χ2v) is 18.3. The minimum absolute atomic E-state index is 0.00500. The van der Waals surface area contributed by atoms with Gasteiger partial charge in [0.2, 0.25) is 17.6 Å². The molecule has 4 rings (SSSR count). The molecule has 4 aliphatic rings. The normalized spacial score (nSPS) is 27.8. The van der Waals surface area contributed by atoms with Crippen LogP contribution in [0.1, 0.15) is 92.9 Å². The van der Waals surface area contributed by atoms with Crippen molar-refractivity contribution in [2.75, 3.05) is 32.1 Å². The number of sulfone groups is 1. The number of fused-ring (bicyclic) bond motifs is 1. The van der Waals surface area contributed by atoms with E-state index in [2.05, 4.69) is 27.8 Å². The Bertz CT molecular complexity index is 1400. The van der Waals surface area contributed by atoms with E-state index in [1.165, 1.54) is 11.0 Å². The van der Waals surface area contributed by atoms with Crippen LogP contribution in [0.4, 0.5) is 4.79 Å². The molecule has 2 heterocycles. The zero-order valence-corrected chi connectivity index (χ0v) is 30.9. The van der Waals surface area contributed by atoms with Gasteiger partial charge in [-0.25, -0.2) is 13.2 Å². The lowest BCUT2D eigenvalue weighted by Crippen LogP contribution is -2.67. The maximum Gasteiger partial charge on any atom is 0.315 e. The highest BCUT2D eigenvalue weighted by molar-refractivity contribution is 7.92. The Hall–Kier alpha value is -3.00. The number of carbonyl (C=O) groups is 5. The van der Waals surface area contributed by atoms with Gasteiger partial charge in [0.05, 0.1) is 30.5 Å². The first kappa shape index (κ1) is 38.8. The number of piperidine rings is 1. The molecule has 4 fully saturated rings. The van der Waals surface area contributed by atoms with Crippen molar-refractivity contribution in [1.29, 1.82) is 0 Å². The standard InChI is InChI=1S/C35H57N5O8S/c1-8-10-14-23(27(41)30(43)36-17-9-2)37-29(42)26-25-22(34(25,6)7)20-40(26)31(44)28(33(3,4)5)38-32(45)39-35(15-12-11-13-16-35)24-21-48-18-19-49(24,46)47/h9,22-26,28H,2,8,10-21H2,1,3-7H3,(H,36,43)(H,37,42)(H2,38,39,45)/t22-,23?,24?,25-,26-,28+/m0/s1. The predicted octanol–water partition coefficient (Wildman–Crippen LogP) is 2.25. The molecule has 2 saturated carbocycles. The number of urea groups is 1. The number of carbonyl (C=O) groups excluding carboxylic acids is 5. The van der Waals surface area contributed by atoms with Crippen LogP contribution in [0.3, 0.4) is 0 Å². The van der Waals surface area contributed by atoms with Crippen LogP contribution in [0, 0.1) is 22.7 Å². The summed E-state index contributed by atoms with van der Waals surface area (Å²) in [4.78, 5) is 69.5. The molecule has 0 radical (unpaired) electrons.